The van der Waals surface area contributed by atoms with Gasteiger partial charge in [-0.05, 0) is 43.4 Å². The Kier molecular flexibility index (Phi) is 2.97. The van der Waals surface area contributed by atoms with Crippen LogP contribution in [0.5, 0.6) is 0 Å². The average molecular weight is 298 g/mol. The molecule has 0 saturated carbocycles. The first-order valence-corrected chi connectivity index (χ1v) is 8.65. The summed E-state index contributed by atoms with van der Waals surface area (Å²) in [6.45, 7) is 0. The van der Waals surface area contributed by atoms with Crippen LogP contribution in [-0.2, 0) is 12.8 Å². The quantitative estimate of drug-likeness (QED) is 0.603. The first-order chi connectivity index (χ1) is 9.83. The van der Waals surface area contributed by atoms with Gasteiger partial charge in [-0.25, -0.2) is 0 Å². The zero-order chi connectivity index (χ0) is 13.5. The molecule has 3 aromatic rings. The molecule has 0 bridgehead atoms. The summed E-state index contributed by atoms with van der Waals surface area (Å²) in [7, 11) is 0. The Morgan fingerprint density at radius 2 is 1.95 bits per heavy atom. The summed E-state index contributed by atoms with van der Waals surface area (Å²) >= 11 is 3.36. The molecule has 0 atom stereocenters. The third-order valence-corrected chi connectivity index (χ3v) is 6.15. The van der Waals surface area contributed by atoms with Crippen molar-refractivity contribution in [3.05, 3.63) is 56.6 Å². The molecule has 0 radical (unpaired) electrons. The zero-order valence-corrected chi connectivity index (χ0v) is 12.7. The van der Waals surface area contributed by atoms with Crippen LogP contribution in [0.25, 0.3) is 10.1 Å². The predicted octanol–water partition coefficient (Wildman–Crippen LogP) is 5.07. The lowest BCUT2D eigenvalue weighted by Gasteiger charge is -2.08. The number of hydrogen-bond donors (Lipinski definition) is 0. The largest absolute Gasteiger partial charge is 0.288 e. The first-order valence-electron chi connectivity index (χ1n) is 6.95. The molecule has 100 valence electrons. The highest BCUT2D eigenvalue weighted by Crippen LogP contribution is 2.33. The van der Waals surface area contributed by atoms with Crippen LogP contribution in [0.15, 0.2) is 35.7 Å². The van der Waals surface area contributed by atoms with Gasteiger partial charge >= 0.3 is 0 Å². The minimum Gasteiger partial charge on any atom is -0.288 e. The fraction of sp³-hybridized carbons (Fsp3) is 0.235. The van der Waals surface area contributed by atoms with E-state index in [-0.39, 0.29) is 5.78 Å². The maximum absolute atomic E-state index is 12.8. The second-order valence-corrected chi connectivity index (χ2v) is 7.29. The van der Waals surface area contributed by atoms with Crippen molar-refractivity contribution in [1.82, 2.24) is 0 Å². The summed E-state index contributed by atoms with van der Waals surface area (Å²) < 4.78 is 1.19. The summed E-state index contributed by atoms with van der Waals surface area (Å²) in [5.74, 6) is 0.196. The minimum atomic E-state index is 0.196. The van der Waals surface area contributed by atoms with Gasteiger partial charge in [0.15, 0.2) is 0 Å². The zero-order valence-electron chi connectivity index (χ0n) is 11.0. The van der Waals surface area contributed by atoms with Gasteiger partial charge in [0.1, 0.15) is 0 Å². The predicted molar refractivity (Wildman–Crippen MR) is 86.2 cm³/mol. The van der Waals surface area contributed by atoms with E-state index in [1.54, 1.807) is 22.7 Å². The maximum atomic E-state index is 12.8. The molecule has 0 saturated heterocycles. The van der Waals surface area contributed by atoms with Gasteiger partial charge in [0.05, 0.1) is 4.88 Å². The number of thiophene rings is 2. The maximum Gasteiger partial charge on any atom is 0.204 e. The molecule has 1 aliphatic carbocycles. The molecule has 0 aliphatic heterocycles. The van der Waals surface area contributed by atoms with Crippen molar-refractivity contribution in [3.63, 3.8) is 0 Å². The Balaban J connectivity index is 1.78. The standard InChI is InChI=1S/C17H14OS2/c18-17(13-10-19-15-8-4-2-6-12(13)15)16-9-11-5-1-3-7-14(11)20-16/h2,4,6,8-10H,1,3,5,7H2. The normalized spacial score (nSPS) is 14.4. The van der Waals surface area contributed by atoms with Gasteiger partial charge in [-0.3, -0.25) is 4.79 Å². The van der Waals surface area contributed by atoms with E-state index in [0.717, 1.165) is 28.7 Å². The highest BCUT2D eigenvalue weighted by Gasteiger charge is 2.20. The first kappa shape index (κ1) is 12.3. The Hall–Kier alpha value is -1.45. The third kappa shape index (κ3) is 1.93. The van der Waals surface area contributed by atoms with Crippen molar-refractivity contribution >= 4 is 38.5 Å². The topological polar surface area (TPSA) is 17.1 Å². The number of ketones is 1. The highest BCUT2D eigenvalue weighted by atomic mass is 32.1. The van der Waals surface area contributed by atoms with Gasteiger partial charge in [0.25, 0.3) is 0 Å². The second-order valence-electron chi connectivity index (χ2n) is 5.24. The Morgan fingerprint density at radius 3 is 2.85 bits per heavy atom. The van der Waals surface area contributed by atoms with Crippen molar-refractivity contribution in [1.29, 1.82) is 0 Å². The number of benzene rings is 1. The van der Waals surface area contributed by atoms with Crippen molar-refractivity contribution < 1.29 is 4.79 Å². The lowest BCUT2D eigenvalue weighted by atomic mass is 9.98. The van der Waals surface area contributed by atoms with Crippen LogP contribution in [0, 0.1) is 0 Å². The van der Waals surface area contributed by atoms with Gasteiger partial charge in [0.2, 0.25) is 5.78 Å². The van der Waals surface area contributed by atoms with Gasteiger partial charge in [-0.1, -0.05) is 18.2 Å². The Morgan fingerprint density at radius 1 is 1.10 bits per heavy atom. The summed E-state index contributed by atoms with van der Waals surface area (Å²) in [4.78, 5) is 15.1. The van der Waals surface area contributed by atoms with Gasteiger partial charge < -0.3 is 0 Å². The molecule has 3 heteroatoms. The summed E-state index contributed by atoms with van der Waals surface area (Å²) in [6.07, 6.45) is 4.82. The van der Waals surface area contributed by atoms with E-state index >= 15 is 0 Å². The molecular formula is C17H14OS2. The van der Waals surface area contributed by atoms with E-state index in [1.807, 2.05) is 23.6 Å². The molecule has 0 N–H and O–H groups in total. The second kappa shape index (κ2) is 4.83. The third-order valence-electron chi connectivity index (χ3n) is 3.95. The molecule has 4 rings (SSSR count). The molecule has 2 aromatic heterocycles. The van der Waals surface area contributed by atoms with E-state index in [4.69, 9.17) is 0 Å². The molecular weight excluding hydrogens is 284 g/mol. The fourth-order valence-corrected chi connectivity index (χ4v) is 5.04. The molecule has 1 aliphatic rings. The van der Waals surface area contributed by atoms with Crippen LogP contribution in [0.4, 0.5) is 0 Å². The highest BCUT2D eigenvalue weighted by molar-refractivity contribution is 7.18. The number of fused-ring (bicyclic) bond motifs is 2. The molecule has 1 nitrogen and oxygen atoms in total. The van der Waals surface area contributed by atoms with Gasteiger partial charge in [0, 0.05) is 25.9 Å². The van der Waals surface area contributed by atoms with Crippen molar-refractivity contribution in [2.24, 2.45) is 0 Å². The van der Waals surface area contributed by atoms with Crippen LogP contribution in [0.1, 0.15) is 38.5 Å². The summed E-state index contributed by atoms with van der Waals surface area (Å²) in [6, 6.07) is 10.3. The molecule has 0 unspecified atom stereocenters. The van der Waals surface area contributed by atoms with E-state index in [9.17, 15) is 4.79 Å². The van der Waals surface area contributed by atoms with Crippen molar-refractivity contribution in [2.45, 2.75) is 25.7 Å². The van der Waals surface area contributed by atoms with Crippen LogP contribution < -0.4 is 0 Å². The average Bonchev–Trinajstić information content (AvgIpc) is 3.10. The number of hydrogen-bond acceptors (Lipinski definition) is 3. The SMILES string of the molecule is O=C(c1cc2c(s1)CCCC2)c1csc2ccccc12. The van der Waals surface area contributed by atoms with Crippen LogP contribution in [-0.4, -0.2) is 5.78 Å². The number of rotatable bonds is 2. The molecule has 0 fully saturated rings. The molecule has 0 spiro atoms. The van der Waals surface area contributed by atoms with Gasteiger partial charge in [-0.2, -0.15) is 0 Å². The van der Waals surface area contributed by atoms with E-state index in [1.165, 1.54) is 28.0 Å². The van der Waals surface area contributed by atoms with E-state index in [2.05, 4.69) is 12.1 Å². The van der Waals surface area contributed by atoms with Gasteiger partial charge in [-0.15, -0.1) is 22.7 Å². The minimum absolute atomic E-state index is 0.196. The Bertz CT molecular complexity index is 771. The monoisotopic (exact) mass is 298 g/mol. The van der Waals surface area contributed by atoms with Crippen molar-refractivity contribution in [3.8, 4) is 0 Å². The number of carbonyl (C=O) groups is 1. The van der Waals surface area contributed by atoms with E-state index < -0.39 is 0 Å². The summed E-state index contributed by atoms with van der Waals surface area (Å²) in [5, 5.41) is 3.10. The number of aryl methyl sites for hydroxylation is 2. The Labute approximate surface area is 125 Å². The molecule has 1 aromatic carbocycles. The molecule has 0 amide bonds. The molecule has 2 heterocycles. The number of carbonyl (C=O) groups excluding carboxylic acids is 1. The lowest BCUT2D eigenvalue weighted by Crippen LogP contribution is -1.97. The van der Waals surface area contributed by atoms with Crippen LogP contribution in [0.3, 0.4) is 0 Å². The fourth-order valence-electron chi connectivity index (χ4n) is 2.89. The van der Waals surface area contributed by atoms with Crippen molar-refractivity contribution in [2.75, 3.05) is 0 Å². The van der Waals surface area contributed by atoms with Crippen LogP contribution in [0.2, 0.25) is 0 Å². The van der Waals surface area contributed by atoms with E-state index in [0.29, 0.717) is 0 Å². The summed E-state index contributed by atoms with van der Waals surface area (Å²) in [5.41, 5.74) is 2.27. The smallest absolute Gasteiger partial charge is 0.204 e. The van der Waals surface area contributed by atoms with Crippen LogP contribution >= 0.6 is 22.7 Å². The molecule has 20 heavy (non-hydrogen) atoms. The lowest BCUT2D eigenvalue weighted by molar-refractivity contribution is 0.104.